The third-order valence-electron chi connectivity index (χ3n) is 7.31. The predicted octanol–water partition coefficient (Wildman–Crippen LogP) is 2.70. The summed E-state index contributed by atoms with van der Waals surface area (Å²) in [5, 5.41) is 0. The molecule has 0 spiro atoms. The lowest BCUT2D eigenvalue weighted by Crippen LogP contribution is -2.58. The van der Waals surface area contributed by atoms with Crippen molar-refractivity contribution in [3.05, 3.63) is 108 Å². The molecule has 0 saturated carbocycles. The number of benzene rings is 3. The average Bonchev–Trinajstić information content (AvgIpc) is 2.97. The van der Waals surface area contributed by atoms with Gasteiger partial charge in [0.2, 0.25) is 23.6 Å². The average molecular weight is 543 g/mol. The smallest absolute Gasteiger partial charge is 0.246 e. The fourth-order valence-electron chi connectivity index (χ4n) is 4.72. The molecule has 0 unspecified atom stereocenters. The molecule has 0 fully saturated rings. The third kappa shape index (κ3) is 7.79. The Labute approximate surface area is 236 Å². The van der Waals surface area contributed by atoms with Crippen molar-refractivity contribution in [2.75, 3.05) is 21.1 Å². The summed E-state index contributed by atoms with van der Waals surface area (Å²) in [7, 11) is 4.70. The van der Waals surface area contributed by atoms with Crippen molar-refractivity contribution in [1.82, 2.24) is 14.7 Å². The van der Waals surface area contributed by atoms with Crippen LogP contribution < -0.4 is 5.73 Å². The van der Waals surface area contributed by atoms with Gasteiger partial charge in [-0.2, -0.15) is 0 Å². The molecule has 3 rings (SSSR count). The van der Waals surface area contributed by atoms with E-state index in [1.54, 1.807) is 21.1 Å². The molecule has 8 nitrogen and oxygen atoms in total. The maximum atomic E-state index is 14.1. The van der Waals surface area contributed by atoms with Crippen LogP contribution in [0, 0.1) is 0 Å². The summed E-state index contributed by atoms with van der Waals surface area (Å²) < 4.78 is 0. The highest BCUT2D eigenvalue weighted by Crippen LogP contribution is 2.18. The molecular weight excluding hydrogens is 504 g/mol. The van der Waals surface area contributed by atoms with Crippen LogP contribution in [0.2, 0.25) is 0 Å². The zero-order valence-electron chi connectivity index (χ0n) is 23.6. The molecule has 3 aromatic rings. The number of rotatable bonds is 12. The van der Waals surface area contributed by atoms with Gasteiger partial charge in [0, 0.05) is 47.3 Å². The lowest BCUT2D eigenvalue weighted by atomic mass is 9.98. The molecule has 3 atom stereocenters. The largest absolute Gasteiger partial charge is 0.368 e. The molecule has 0 aliphatic heterocycles. The van der Waals surface area contributed by atoms with Gasteiger partial charge < -0.3 is 20.4 Å². The van der Waals surface area contributed by atoms with Gasteiger partial charge in [-0.15, -0.1) is 0 Å². The first-order chi connectivity index (χ1) is 19.1. The topological polar surface area (TPSA) is 104 Å². The SMILES string of the molecule is CC(=O)N(C)[C@@H](Cc1ccccc1)C(=O)N(C)[C@@H](Cc1ccccc1)C(=O)N(C)[C@@H](Cc1ccccc1)C(N)=O. The van der Waals surface area contributed by atoms with Gasteiger partial charge in [-0.05, 0) is 16.7 Å². The van der Waals surface area contributed by atoms with Crippen molar-refractivity contribution in [2.24, 2.45) is 5.73 Å². The van der Waals surface area contributed by atoms with Crippen LogP contribution in [0.3, 0.4) is 0 Å². The van der Waals surface area contributed by atoms with Gasteiger partial charge in [0.1, 0.15) is 18.1 Å². The molecule has 0 aliphatic carbocycles. The molecule has 0 aromatic heterocycles. The third-order valence-corrected chi connectivity index (χ3v) is 7.31. The Morgan fingerprint density at radius 3 is 1.18 bits per heavy atom. The molecule has 210 valence electrons. The second-order valence-electron chi connectivity index (χ2n) is 10.0. The van der Waals surface area contributed by atoms with Crippen LogP contribution in [0.15, 0.2) is 91.0 Å². The zero-order valence-corrected chi connectivity index (χ0v) is 23.6. The van der Waals surface area contributed by atoms with Crippen LogP contribution in [0.5, 0.6) is 0 Å². The lowest BCUT2D eigenvalue weighted by molar-refractivity contribution is -0.151. The molecule has 2 N–H and O–H groups in total. The van der Waals surface area contributed by atoms with Crippen molar-refractivity contribution in [3.63, 3.8) is 0 Å². The van der Waals surface area contributed by atoms with Gasteiger partial charge in [-0.3, -0.25) is 19.2 Å². The Morgan fingerprint density at radius 2 is 0.850 bits per heavy atom. The molecular formula is C32H38N4O4. The number of nitrogens with zero attached hydrogens (tertiary/aromatic N) is 3. The summed E-state index contributed by atoms with van der Waals surface area (Å²) in [6, 6.07) is 25.5. The van der Waals surface area contributed by atoms with E-state index in [1.165, 1.54) is 21.6 Å². The van der Waals surface area contributed by atoms with E-state index in [-0.39, 0.29) is 24.7 Å². The van der Waals surface area contributed by atoms with Crippen LogP contribution in [0.25, 0.3) is 0 Å². The highest BCUT2D eigenvalue weighted by Gasteiger charge is 2.37. The van der Waals surface area contributed by atoms with Crippen LogP contribution in [-0.4, -0.2) is 77.6 Å². The Morgan fingerprint density at radius 1 is 0.550 bits per heavy atom. The molecule has 0 saturated heterocycles. The summed E-state index contributed by atoms with van der Waals surface area (Å²) in [6.45, 7) is 1.41. The fourth-order valence-corrected chi connectivity index (χ4v) is 4.72. The summed E-state index contributed by atoms with van der Waals surface area (Å²) in [5.41, 5.74) is 8.37. The van der Waals surface area contributed by atoms with Gasteiger partial charge in [-0.25, -0.2) is 0 Å². The summed E-state index contributed by atoms with van der Waals surface area (Å²) in [4.78, 5) is 57.1. The van der Waals surface area contributed by atoms with Crippen molar-refractivity contribution < 1.29 is 19.2 Å². The number of amides is 4. The molecule has 0 aliphatic rings. The van der Waals surface area contributed by atoms with Crippen molar-refractivity contribution >= 4 is 23.6 Å². The minimum Gasteiger partial charge on any atom is -0.368 e. The Bertz CT molecular complexity index is 1280. The quantitative estimate of drug-likeness (QED) is 0.380. The fraction of sp³-hybridized carbons (Fsp3) is 0.312. The molecule has 0 radical (unpaired) electrons. The number of hydrogen-bond acceptors (Lipinski definition) is 4. The van der Waals surface area contributed by atoms with Crippen molar-refractivity contribution in [2.45, 2.75) is 44.3 Å². The predicted molar refractivity (Wildman–Crippen MR) is 155 cm³/mol. The van der Waals surface area contributed by atoms with E-state index in [1.807, 2.05) is 91.0 Å². The normalized spacial score (nSPS) is 13.0. The van der Waals surface area contributed by atoms with Crippen LogP contribution in [0.4, 0.5) is 0 Å². The number of carbonyl (C=O) groups is 4. The highest BCUT2D eigenvalue weighted by molar-refractivity contribution is 5.94. The first-order valence-corrected chi connectivity index (χ1v) is 13.3. The number of hydrogen-bond donors (Lipinski definition) is 1. The summed E-state index contributed by atoms with van der Waals surface area (Å²) in [5.74, 6) is -1.68. The first-order valence-electron chi connectivity index (χ1n) is 13.3. The van der Waals surface area contributed by atoms with E-state index < -0.39 is 29.9 Å². The molecule has 4 amide bonds. The lowest BCUT2D eigenvalue weighted by Gasteiger charge is -2.37. The molecule has 0 bridgehead atoms. The monoisotopic (exact) mass is 542 g/mol. The standard InChI is InChI=1S/C32H38N4O4/c1-23(37)34(2)28(21-25-16-10-6-11-17-25)31(39)36(4)29(22-26-18-12-7-13-19-26)32(40)35(3)27(30(33)38)20-24-14-8-5-9-15-24/h5-19,27-29H,20-22H2,1-4H3,(H2,33,38)/t27-,28-,29-/m0/s1. The summed E-state index contributed by atoms with van der Waals surface area (Å²) >= 11 is 0. The van der Waals surface area contributed by atoms with Crippen LogP contribution >= 0.6 is 0 Å². The van der Waals surface area contributed by atoms with Crippen molar-refractivity contribution in [3.8, 4) is 0 Å². The molecule has 0 heterocycles. The van der Waals surface area contributed by atoms with Gasteiger partial charge in [0.25, 0.3) is 0 Å². The maximum absolute atomic E-state index is 14.1. The van der Waals surface area contributed by atoms with E-state index in [0.29, 0.717) is 6.42 Å². The molecule has 40 heavy (non-hydrogen) atoms. The first kappa shape index (κ1) is 30.1. The van der Waals surface area contributed by atoms with E-state index in [9.17, 15) is 19.2 Å². The minimum atomic E-state index is -0.934. The van der Waals surface area contributed by atoms with Gasteiger partial charge in [0.15, 0.2) is 0 Å². The van der Waals surface area contributed by atoms with E-state index >= 15 is 0 Å². The Kier molecular flexibility index (Phi) is 10.6. The van der Waals surface area contributed by atoms with Crippen LogP contribution in [-0.2, 0) is 38.4 Å². The van der Waals surface area contributed by atoms with E-state index in [2.05, 4.69) is 0 Å². The Balaban J connectivity index is 1.95. The number of primary amides is 1. The van der Waals surface area contributed by atoms with E-state index in [4.69, 9.17) is 5.73 Å². The van der Waals surface area contributed by atoms with Gasteiger partial charge in [0.05, 0.1) is 0 Å². The second-order valence-corrected chi connectivity index (χ2v) is 10.0. The number of nitrogens with two attached hydrogens (primary N) is 1. The second kappa shape index (κ2) is 14.1. The van der Waals surface area contributed by atoms with E-state index in [0.717, 1.165) is 16.7 Å². The molecule has 8 heteroatoms. The summed E-state index contributed by atoms with van der Waals surface area (Å²) in [6.07, 6.45) is 0.767. The zero-order chi connectivity index (χ0) is 29.2. The number of carbonyl (C=O) groups excluding carboxylic acids is 4. The van der Waals surface area contributed by atoms with Crippen molar-refractivity contribution in [1.29, 1.82) is 0 Å². The van der Waals surface area contributed by atoms with Crippen LogP contribution in [0.1, 0.15) is 23.6 Å². The van der Waals surface area contributed by atoms with Gasteiger partial charge >= 0.3 is 0 Å². The minimum absolute atomic E-state index is 0.227. The maximum Gasteiger partial charge on any atom is 0.246 e. The molecule has 3 aromatic carbocycles. The van der Waals surface area contributed by atoms with Gasteiger partial charge in [-0.1, -0.05) is 91.0 Å². The Hall–Kier alpha value is -4.46. The number of likely N-dealkylation sites (N-methyl/N-ethyl adjacent to an activating group) is 3. The highest BCUT2D eigenvalue weighted by atomic mass is 16.2.